The summed E-state index contributed by atoms with van der Waals surface area (Å²) in [6.07, 6.45) is -16.5. The van der Waals surface area contributed by atoms with Gasteiger partial charge < -0.3 is 47.4 Å². The molecule has 0 saturated carbocycles. The number of carbonyl (C=O) groups is 9. The number of carbonyl (C=O) groups excluding carboxylic acids is 9. The number of hydrogen-bond donors (Lipinski definition) is 0. The van der Waals surface area contributed by atoms with Gasteiger partial charge in [0, 0.05) is 41.5 Å². The third-order valence-electron chi connectivity index (χ3n) is 8.19. The number of rotatable bonds is 12. The van der Waals surface area contributed by atoms with E-state index in [4.69, 9.17) is 82.2 Å². The van der Waals surface area contributed by atoms with Crippen molar-refractivity contribution in [1.82, 2.24) is 4.90 Å². The quantitative estimate of drug-likeness (QED) is 0.124. The summed E-state index contributed by atoms with van der Waals surface area (Å²) in [5, 5.41) is 0. The van der Waals surface area contributed by atoms with E-state index in [1.165, 1.54) is 24.3 Å². The second kappa shape index (κ2) is 18.8. The highest BCUT2D eigenvalue weighted by Gasteiger charge is 2.61. The number of halogens is 3. The molecule has 2 amide bonds. The second-order valence-electron chi connectivity index (χ2n) is 12.5. The fraction of sp³-hybridized carbons (Fsp3) is 0.559. The molecule has 3 aliphatic heterocycles. The normalized spacial score (nSPS) is 28.3. The summed E-state index contributed by atoms with van der Waals surface area (Å²) in [6, 6.07) is 3.57. The lowest BCUT2D eigenvalue weighted by atomic mass is 9.93. The van der Waals surface area contributed by atoms with E-state index in [2.05, 4.69) is 0 Å². The third-order valence-corrected chi connectivity index (χ3v) is 8.65. The van der Waals surface area contributed by atoms with Gasteiger partial charge in [-0.3, -0.25) is 43.3 Å². The first kappa shape index (κ1) is 45.1. The molecule has 1 aromatic rings. The van der Waals surface area contributed by atoms with Crippen LogP contribution in [0, 0.1) is 0 Å². The third kappa shape index (κ3) is 11.1. The molecule has 0 spiro atoms. The van der Waals surface area contributed by atoms with Crippen molar-refractivity contribution in [3.63, 3.8) is 0 Å². The number of imide groups is 1. The summed E-state index contributed by atoms with van der Waals surface area (Å²) >= 11 is 17.4. The Labute approximate surface area is 338 Å². The lowest BCUT2D eigenvalue weighted by Gasteiger charge is -2.50. The predicted octanol–water partition coefficient (Wildman–Crippen LogP) is 1.25. The Balaban J connectivity index is 1.93. The van der Waals surface area contributed by atoms with Gasteiger partial charge in [0.05, 0.1) is 11.1 Å². The molecule has 3 heterocycles. The topological polar surface area (TPSA) is 249 Å². The van der Waals surface area contributed by atoms with E-state index < -0.39 is 132 Å². The molecule has 2 saturated heterocycles. The zero-order chi connectivity index (χ0) is 42.5. The Hall–Kier alpha value is -4.60. The highest BCUT2D eigenvalue weighted by Crippen LogP contribution is 2.39. The number of nitrogens with zero attached hydrogens (tertiary/aromatic N) is 1. The molecule has 1 aromatic carbocycles. The summed E-state index contributed by atoms with van der Waals surface area (Å²) in [6.45, 7) is 4.49. The van der Waals surface area contributed by atoms with Crippen molar-refractivity contribution in [2.24, 2.45) is 0 Å². The van der Waals surface area contributed by atoms with Crippen LogP contribution in [0.2, 0.25) is 0 Å². The minimum Gasteiger partial charge on any atom is -0.463 e. The standard InChI is InChI=1S/C34H36Cl3NO19/c1-13(39)48-11-21-24(56-32-28(53-18(6)44)27(52-17(5)43)25(50-15(3)41)22(55-32)12-49-14(2)40)26(51-16(4)42)23(31(54-21)57-33(47)34(35,36)37)38-29(45)19-9-7-8-10-20(19)30(38)46/h7-10,21-28,31-32H,11-12H2,1-6H3/t21-,22-,23-,24-,25+,26-,27+,28-,31+,32+/m1/s1. The highest BCUT2D eigenvalue weighted by atomic mass is 35.6. The van der Waals surface area contributed by atoms with Gasteiger partial charge in [-0.05, 0) is 12.1 Å². The lowest BCUT2D eigenvalue weighted by Crippen LogP contribution is -2.70. The molecule has 0 aliphatic carbocycles. The predicted molar refractivity (Wildman–Crippen MR) is 185 cm³/mol. The van der Waals surface area contributed by atoms with Crippen molar-refractivity contribution < 1.29 is 90.5 Å². The average Bonchev–Trinajstić information content (AvgIpc) is 3.34. The van der Waals surface area contributed by atoms with Crippen molar-refractivity contribution in [1.29, 1.82) is 0 Å². The molecule has 2 fully saturated rings. The molecule has 0 radical (unpaired) electrons. The highest BCUT2D eigenvalue weighted by molar-refractivity contribution is 6.75. The van der Waals surface area contributed by atoms with Crippen molar-refractivity contribution in [2.75, 3.05) is 13.2 Å². The van der Waals surface area contributed by atoms with E-state index in [-0.39, 0.29) is 11.1 Å². The van der Waals surface area contributed by atoms with E-state index in [9.17, 15) is 43.2 Å². The molecular formula is C34H36Cl3NO19. The number of benzene rings is 1. The van der Waals surface area contributed by atoms with Crippen molar-refractivity contribution in [3.05, 3.63) is 35.4 Å². The monoisotopic (exact) mass is 867 g/mol. The first-order chi connectivity index (χ1) is 26.6. The molecule has 3 aliphatic rings. The van der Waals surface area contributed by atoms with Gasteiger partial charge in [0.25, 0.3) is 15.6 Å². The number of ether oxygens (including phenoxy) is 10. The van der Waals surface area contributed by atoms with Gasteiger partial charge in [-0.15, -0.1) is 0 Å². The summed E-state index contributed by atoms with van der Waals surface area (Å²) in [5.41, 5.74) is -0.232. The molecule has 312 valence electrons. The van der Waals surface area contributed by atoms with Gasteiger partial charge in [0.1, 0.15) is 37.6 Å². The Morgan fingerprint density at radius 1 is 0.579 bits per heavy atom. The summed E-state index contributed by atoms with van der Waals surface area (Å²) in [4.78, 5) is 115. The summed E-state index contributed by atoms with van der Waals surface area (Å²) in [5.74, 6) is -9.23. The Morgan fingerprint density at radius 3 is 1.46 bits per heavy atom. The van der Waals surface area contributed by atoms with Gasteiger partial charge in [-0.2, -0.15) is 0 Å². The molecular weight excluding hydrogens is 833 g/mol. The van der Waals surface area contributed by atoms with E-state index >= 15 is 0 Å². The minimum atomic E-state index is -2.76. The molecule has 0 aromatic heterocycles. The fourth-order valence-corrected chi connectivity index (χ4v) is 6.32. The maximum absolute atomic E-state index is 13.9. The van der Waals surface area contributed by atoms with Gasteiger partial charge >= 0.3 is 41.8 Å². The Bertz CT molecular complexity index is 1750. The van der Waals surface area contributed by atoms with Crippen LogP contribution in [0.5, 0.6) is 0 Å². The van der Waals surface area contributed by atoms with E-state index in [1.54, 1.807) is 0 Å². The van der Waals surface area contributed by atoms with Crippen LogP contribution in [0.4, 0.5) is 0 Å². The molecule has 57 heavy (non-hydrogen) atoms. The van der Waals surface area contributed by atoms with Gasteiger partial charge in [-0.25, -0.2) is 4.79 Å². The molecule has 20 nitrogen and oxygen atoms in total. The Kier molecular flexibility index (Phi) is 14.9. The molecule has 10 atom stereocenters. The smallest absolute Gasteiger partial charge is 0.360 e. The number of hydrogen-bond acceptors (Lipinski definition) is 19. The van der Waals surface area contributed by atoms with Crippen LogP contribution in [-0.4, -0.2) is 137 Å². The van der Waals surface area contributed by atoms with Crippen LogP contribution in [0.3, 0.4) is 0 Å². The van der Waals surface area contributed by atoms with Crippen LogP contribution in [0.1, 0.15) is 62.3 Å². The summed E-state index contributed by atoms with van der Waals surface area (Å²) < 4.78 is 53.3. The van der Waals surface area contributed by atoms with Crippen LogP contribution < -0.4 is 0 Å². The lowest BCUT2D eigenvalue weighted by molar-refractivity contribution is -0.350. The second-order valence-corrected chi connectivity index (χ2v) is 14.8. The largest absolute Gasteiger partial charge is 0.463 e. The van der Waals surface area contributed by atoms with Gasteiger partial charge in [-0.1, -0.05) is 46.9 Å². The molecule has 0 unspecified atom stereocenters. The van der Waals surface area contributed by atoms with Crippen molar-refractivity contribution in [3.8, 4) is 0 Å². The first-order valence-electron chi connectivity index (χ1n) is 16.8. The Morgan fingerprint density at radius 2 is 1.00 bits per heavy atom. The number of amides is 2. The van der Waals surface area contributed by atoms with Crippen LogP contribution in [0.15, 0.2) is 24.3 Å². The van der Waals surface area contributed by atoms with Crippen molar-refractivity contribution >= 4 is 88.4 Å². The molecule has 0 bridgehead atoms. The number of alkyl halides is 3. The van der Waals surface area contributed by atoms with Crippen molar-refractivity contribution in [2.45, 2.75) is 107 Å². The minimum absolute atomic E-state index is 0.116. The van der Waals surface area contributed by atoms with Gasteiger partial charge in [0.15, 0.2) is 30.7 Å². The van der Waals surface area contributed by atoms with Crippen LogP contribution in [0.25, 0.3) is 0 Å². The molecule has 23 heteroatoms. The maximum Gasteiger partial charge on any atom is 0.360 e. The molecule has 4 rings (SSSR count). The summed E-state index contributed by atoms with van der Waals surface area (Å²) in [7, 11) is 0. The number of fused-ring (bicyclic) bond motifs is 1. The van der Waals surface area contributed by atoms with Crippen LogP contribution >= 0.6 is 34.8 Å². The van der Waals surface area contributed by atoms with E-state index in [1.807, 2.05) is 0 Å². The van der Waals surface area contributed by atoms with Gasteiger partial charge in [0.2, 0.25) is 6.29 Å². The van der Waals surface area contributed by atoms with E-state index in [0.717, 1.165) is 41.5 Å². The number of esters is 7. The average molecular weight is 869 g/mol. The zero-order valence-corrected chi connectivity index (χ0v) is 33.1. The van der Waals surface area contributed by atoms with E-state index in [0.29, 0.717) is 4.90 Å². The maximum atomic E-state index is 13.9. The first-order valence-corrected chi connectivity index (χ1v) is 17.9. The van der Waals surface area contributed by atoms with Crippen LogP contribution in [-0.2, 0) is 80.9 Å². The zero-order valence-electron chi connectivity index (χ0n) is 30.8. The SMILES string of the molecule is CC(=O)OC[C@H]1O[C@@H](O[C@H]2[C@H](OC(C)=O)[C@@H](N3C(=O)c4ccccc4C3=O)[C@H](OC(=O)C(Cl)(Cl)Cl)O[C@@H]2COC(C)=O)[C@H](OC(C)=O)[C@@H](OC(C)=O)[C@H]1OC(C)=O. The fourth-order valence-electron chi connectivity index (χ4n) is 6.19. The molecule has 0 N–H and O–H groups in total.